The molecule has 0 amide bonds. The number of ether oxygens (including phenoxy) is 1. The predicted molar refractivity (Wildman–Crippen MR) is 63.6 cm³/mol. The SMILES string of the molecule is Cc1nc(C2CN(C)CCO2)ncc1[C@H](C)O. The van der Waals surface area contributed by atoms with E-state index in [4.69, 9.17) is 4.74 Å². The molecule has 1 N–H and O–H groups in total. The smallest absolute Gasteiger partial charge is 0.158 e. The molecule has 17 heavy (non-hydrogen) atoms. The monoisotopic (exact) mass is 237 g/mol. The number of aliphatic hydroxyl groups excluding tert-OH is 1. The summed E-state index contributed by atoms with van der Waals surface area (Å²) in [6.07, 6.45) is 1.11. The second kappa shape index (κ2) is 5.08. The zero-order chi connectivity index (χ0) is 12.4. The fraction of sp³-hybridized carbons (Fsp3) is 0.667. The average molecular weight is 237 g/mol. The maximum atomic E-state index is 9.53. The zero-order valence-electron chi connectivity index (χ0n) is 10.6. The fourth-order valence-electron chi connectivity index (χ4n) is 1.99. The van der Waals surface area contributed by atoms with E-state index < -0.39 is 6.10 Å². The van der Waals surface area contributed by atoms with Crippen LogP contribution in [0.15, 0.2) is 6.20 Å². The van der Waals surface area contributed by atoms with E-state index in [1.807, 2.05) is 6.92 Å². The summed E-state index contributed by atoms with van der Waals surface area (Å²) in [6.45, 7) is 6.08. The molecule has 0 radical (unpaired) electrons. The van der Waals surface area contributed by atoms with Gasteiger partial charge in [0.15, 0.2) is 5.82 Å². The van der Waals surface area contributed by atoms with Gasteiger partial charge in [0.05, 0.1) is 12.7 Å². The molecule has 1 fully saturated rings. The van der Waals surface area contributed by atoms with Crippen molar-refractivity contribution < 1.29 is 9.84 Å². The molecule has 1 unspecified atom stereocenters. The van der Waals surface area contributed by atoms with Crippen LogP contribution in [0.2, 0.25) is 0 Å². The molecule has 5 nitrogen and oxygen atoms in total. The number of aromatic nitrogens is 2. The van der Waals surface area contributed by atoms with Crippen molar-refractivity contribution in [1.82, 2.24) is 14.9 Å². The Balaban J connectivity index is 2.19. The third-order valence-corrected chi connectivity index (χ3v) is 3.04. The van der Waals surface area contributed by atoms with Crippen molar-refractivity contribution in [2.24, 2.45) is 0 Å². The molecule has 0 aliphatic carbocycles. The normalized spacial score (nSPS) is 23.6. The van der Waals surface area contributed by atoms with Crippen LogP contribution in [0.25, 0.3) is 0 Å². The highest BCUT2D eigenvalue weighted by Crippen LogP contribution is 2.21. The molecule has 2 atom stereocenters. The van der Waals surface area contributed by atoms with E-state index in [-0.39, 0.29) is 6.10 Å². The Bertz CT molecular complexity index is 395. The lowest BCUT2D eigenvalue weighted by molar-refractivity contribution is -0.0256. The van der Waals surface area contributed by atoms with Crippen LogP contribution in [0, 0.1) is 6.92 Å². The molecule has 5 heteroatoms. The van der Waals surface area contributed by atoms with Gasteiger partial charge in [0.1, 0.15) is 6.10 Å². The highest BCUT2D eigenvalue weighted by Gasteiger charge is 2.22. The Hall–Kier alpha value is -1.04. The first-order valence-electron chi connectivity index (χ1n) is 5.89. The molecule has 1 aliphatic rings. The number of nitrogens with zero attached hydrogens (tertiary/aromatic N) is 3. The first-order valence-corrected chi connectivity index (χ1v) is 5.89. The highest BCUT2D eigenvalue weighted by atomic mass is 16.5. The van der Waals surface area contributed by atoms with Crippen molar-refractivity contribution in [1.29, 1.82) is 0 Å². The summed E-state index contributed by atoms with van der Waals surface area (Å²) in [7, 11) is 2.06. The van der Waals surface area contributed by atoms with Crippen LogP contribution in [0.3, 0.4) is 0 Å². The number of likely N-dealkylation sites (N-methyl/N-ethyl adjacent to an activating group) is 1. The van der Waals surface area contributed by atoms with Gasteiger partial charge in [0.2, 0.25) is 0 Å². The summed E-state index contributed by atoms with van der Waals surface area (Å²) in [6, 6.07) is 0. The van der Waals surface area contributed by atoms with Crippen molar-refractivity contribution in [3.8, 4) is 0 Å². The molecule has 94 valence electrons. The summed E-state index contributed by atoms with van der Waals surface area (Å²) in [5.41, 5.74) is 1.60. The van der Waals surface area contributed by atoms with Crippen LogP contribution >= 0.6 is 0 Å². The largest absolute Gasteiger partial charge is 0.389 e. The molecular weight excluding hydrogens is 218 g/mol. The second-order valence-electron chi connectivity index (χ2n) is 4.57. The van der Waals surface area contributed by atoms with Gasteiger partial charge in [-0.1, -0.05) is 0 Å². The molecule has 0 bridgehead atoms. The Morgan fingerprint density at radius 3 is 2.94 bits per heavy atom. The van der Waals surface area contributed by atoms with Crippen LogP contribution in [0.1, 0.15) is 36.2 Å². The van der Waals surface area contributed by atoms with Crippen LogP contribution in [0.5, 0.6) is 0 Å². The lowest BCUT2D eigenvalue weighted by atomic mass is 10.1. The molecule has 0 saturated carbocycles. The molecular formula is C12H19N3O2. The average Bonchev–Trinajstić information content (AvgIpc) is 2.28. The maximum Gasteiger partial charge on any atom is 0.158 e. The van der Waals surface area contributed by atoms with Crippen molar-refractivity contribution in [2.75, 3.05) is 26.7 Å². The van der Waals surface area contributed by atoms with Gasteiger partial charge in [0, 0.05) is 30.5 Å². The molecule has 1 aromatic rings. The minimum atomic E-state index is -0.529. The number of morpholine rings is 1. The number of hydrogen-bond donors (Lipinski definition) is 1. The van der Waals surface area contributed by atoms with E-state index in [0.717, 1.165) is 24.3 Å². The molecule has 1 aliphatic heterocycles. The van der Waals surface area contributed by atoms with Gasteiger partial charge in [-0.05, 0) is 20.9 Å². The first-order chi connectivity index (χ1) is 8.08. The van der Waals surface area contributed by atoms with Crippen molar-refractivity contribution in [3.05, 3.63) is 23.3 Å². The number of aliphatic hydroxyl groups is 1. The third kappa shape index (κ3) is 2.80. The Kier molecular flexibility index (Phi) is 3.71. The minimum Gasteiger partial charge on any atom is -0.389 e. The third-order valence-electron chi connectivity index (χ3n) is 3.04. The first kappa shape index (κ1) is 12.4. The Morgan fingerprint density at radius 1 is 1.59 bits per heavy atom. The van der Waals surface area contributed by atoms with Gasteiger partial charge in [-0.3, -0.25) is 0 Å². The lowest BCUT2D eigenvalue weighted by Gasteiger charge is -2.29. The Morgan fingerprint density at radius 2 is 2.35 bits per heavy atom. The fourth-order valence-corrected chi connectivity index (χ4v) is 1.99. The maximum absolute atomic E-state index is 9.53. The van der Waals surface area contributed by atoms with Crippen molar-refractivity contribution in [3.63, 3.8) is 0 Å². The van der Waals surface area contributed by atoms with Gasteiger partial charge < -0.3 is 14.7 Å². The van der Waals surface area contributed by atoms with E-state index in [1.54, 1.807) is 13.1 Å². The van der Waals surface area contributed by atoms with Gasteiger partial charge in [0.25, 0.3) is 0 Å². The number of aryl methyl sites for hydroxylation is 1. The summed E-state index contributed by atoms with van der Waals surface area (Å²) >= 11 is 0. The molecule has 2 rings (SSSR count). The topological polar surface area (TPSA) is 58.5 Å². The predicted octanol–water partition coefficient (Wildman–Crippen LogP) is 0.841. The van der Waals surface area contributed by atoms with Crippen molar-refractivity contribution >= 4 is 0 Å². The number of rotatable bonds is 2. The highest BCUT2D eigenvalue weighted by molar-refractivity contribution is 5.19. The van der Waals surface area contributed by atoms with Gasteiger partial charge in [-0.25, -0.2) is 9.97 Å². The molecule has 0 spiro atoms. The minimum absolute atomic E-state index is 0.0597. The summed E-state index contributed by atoms with van der Waals surface area (Å²) in [5, 5.41) is 9.53. The van der Waals surface area contributed by atoms with E-state index >= 15 is 0 Å². The summed E-state index contributed by atoms with van der Waals surface area (Å²) in [5.74, 6) is 0.707. The lowest BCUT2D eigenvalue weighted by Crippen LogP contribution is -2.36. The molecule has 1 saturated heterocycles. The standard InChI is InChI=1S/C12H19N3O2/c1-8-10(9(2)16)6-13-12(14-8)11-7-15(3)4-5-17-11/h6,9,11,16H,4-5,7H2,1-3H3/t9-,11?/m0/s1. The van der Waals surface area contributed by atoms with Gasteiger partial charge in [-0.15, -0.1) is 0 Å². The summed E-state index contributed by atoms with van der Waals surface area (Å²) < 4.78 is 5.66. The van der Waals surface area contributed by atoms with Crippen LogP contribution in [-0.4, -0.2) is 46.7 Å². The Labute approximate surface area is 101 Å². The van der Waals surface area contributed by atoms with Gasteiger partial charge in [-0.2, -0.15) is 0 Å². The van der Waals surface area contributed by atoms with Crippen LogP contribution in [0.4, 0.5) is 0 Å². The van der Waals surface area contributed by atoms with Gasteiger partial charge >= 0.3 is 0 Å². The number of hydrogen-bond acceptors (Lipinski definition) is 5. The van der Waals surface area contributed by atoms with E-state index in [9.17, 15) is 5.11 Å². The summed E-state index contributed by atoms with van der Waals surface area (Å²) in [4.78, 5) is 10.9. The van der Waals surface area contributed by atoms with E-state index in [0.29, 0.717) is 12.4 Å². The van der Waals surface area contributed by atoms with Crippen LogP contribution < -0.4 is 0 Å². The van der Waals surface area contributed by atoms with E-state index in [1.165, 1.54) is 0 Å². The quantitative estimate of drug-likeness (QED) is 0.826. The molecule has 0 aromatic carbocycles. The van der Waals surface area contributed by atoms with E-state index in [2.05, 4.69) is 21.9 Å². The molecule has 2 heterocycles. The van der Waals surface area contributed by atoms with Crippen LogP contribution in [-0.2, 0) is 4.74 Å². The zero-order valence-corrected chi connectivity index (χ0v) is 10.6. The van der Waals surface area contributed by atoms with Crippen molar-refractivity contribution in [2.45, 2.75) is 26.1 Å². The molecule has 1 aromatic heterocycles. The second-order valence-corrected chi connectivity index (χ2v) is 4.57.